The summed E-state index contributed by atoms with van der Waals surface area (Å²) < 4.78 is 13.8. The van der Waals surface area contributed by atoms with E-state index in [-0.39, 0.29) is 5.69 Å². The van der Waals surface area contributed by atoms with E-state index >= 15 is 0 Å². The Morgan fingerprint density at radius 3 is 2.58 bits per heavy atom. The van der Waals surface area contributed by atoms with Crippen LogP contribution < -0.4 is 4.74 Å². The Morgan fingerprint density at radius 2 is 1.92 bits per heavy atom. The molecule has 186 valence electrons. The summed E-state index contributed by atoms with van der Waals surface area (Å²) in [6.45, 7) is 5.12. The molecule has 0 fully saturated rings. The first-order chi connectivity index (χ1) is 17.3. The molecule has 1 N–H and O–H groups in total. The average molecular weight is 488 g/mol. The number of carbonyl (C=O) groups is 1. The third-order valence-electron chi connectivity index (χ3n) is 6.52. The van der Waals surface area contributed by atoms with Gasteiger partial charge >= 0.3 is 5.97 Å². The molecule has 0 radical (unpaired) electrons. The molecule has 36 heavy (non-hydrogen) atoms. The number of fused-ring (bicyclic) bond motifs is 3. The van der Waals surface area contributed by atoms with Gasteiger partial charge in [-0.2, -0.15) is 4.80 Å². The fourth-order valence-corrected chi connectivity index (χ4v) is 4.85. The molecule has 0 bridgehead atoms. The molecule has 2 aromatic carbocycles. The highest BCUT2D eigenvalue weighted by atomic mass is 16.5. The summed E-state index contributed by atoms with van der Waals surface area (Å²) in [6.07, 6.45) is 1.24. The van der Waals surface area contributed by atoms with Crippen molar-refractivity contribution in [3.63, 3.8) is 0 Å². The number of benzene rings is 2. The number of hydrogen-bond donors (Lipinski definition) is 1. The number of ether oxygens (including phenoxy) is 2. The largest absolute Gasteiger partial charge is 0.496 e. The van der Waals surface area contributed by atoms with E-state index in [1.807, 2.05) is 60.9 Å². The van der Waals surface area contributed by atoms with Crippen molar-refractivity contribution in [2.75, 3.05) is 7.11 Å². The zero-order chi connectivity index (χ0) is 25.4. The fraction of sp³-hybridized carbons (Fsp3) is 0.333. The highest BCUT2D eigenvalue weighted by Gasteiger charge is 2.31. The minimum absolute atomic E-state index is 0.277. The molecule has 0 unspecified atom stereocenters. The molecule has 1 aliphatic heterocycles. The van der Waals surface area contributed by atoms with E-state index in [2.05, 4.69) is 15.4 Å². The van der Waals surface area contributed by atoms with Crippen molar-refractivity contribution >= 4 is 5.97 Å². The zero-order valence-electron chi connectivity index (χ0n) is 20.9. The normalized spacial score (nSPS) is 12.8. The lowest BCUT2D eigenvalue weighted by atomic mass is 9.90. The van der Waals surface area contributed by atoms with Gasteiger partial charge in [0.15, 0.2) is 0 Å². The standard InChI is InChI=1S/C27H29N5O4/c1-27(2,36-16-17-8-6-5-7-9-17)15-19-12-22(26(33)34)32-11-10-18-13-23(35-4)21(14-20(18)24(19)32)25-28-30-31(3)29-25/h5-9,12-14H,10-11,15-16H2,1-4H3,(H,33,34). The summed E-state index contributed by atoms with van der Waals surface area (Å²) in [5.41, 5.74) is 5.41. The molecule has 3 heterocycles. The molecule has 0 saturated heterocycles. The minimum atomic E-state index is -0.946. The second kappa shape index (κ2) is 9.23. The third kappa shape index (κ3) is 4.49. The number of hydrogen-bond acceptors (Lipinski definition) is 6. The monoisotopic (exact) mass is 487 g/mol. The van der Waals surface area contributed by atoms with E-state index in [1.165, 1.54) is 4.80 Å². The van der Waals surface area contributed by atoms with E-state index in [0.717, 1.165) is 27.9 Å². The molecule has 1 aliphatic rings. The van der Waals surface area contributed by atoms with Gasteiger partial charge in [0.2, 0.25) is 5.82 Å². The topological polar surface area (TPSA) is 104 Å². The first-order valence-corrected chi connectivity index (χ1v) is 11.8. The number of carboxylic acids is 1. The summed E-state index contributed by atoms with van der Waals surface area (Å²) in [7, 11) is 3.33. The van der Waals surface area contributed by atoms with Crippen LogP contribution >= 0.6 is 0 Å². The first-order valence-electron chi connectivity index (χ1n) is 11.8. The Morgan fingerprint density at radius 1 is 1.14 bits per heavy atom. The quantitative estimate of drug-likeness (QED) is 0.398. The molecule has 0 amide bonds. The number of aromatic nitrogens is 5. The summed E-state index contributed by atoms with van der Waals surface area (Å²) >= 11 is 0. The van der Waals surface area contributed by atoms with Crippen molar-refractivity contribution in [2.24, 2.45) is 7.05 Å². The van der Waals surface area contributed by atoms with Gasteiger partial charge in [-0.25, -0.2) is 4.79 Å². The predicted octanol–water partition coefficient (Wildman–Crippen LogP) is 4.15. The maximum Gasteiger partial charge on any atom is 0.352 e. The van der Waals surface area contributed by atoms with E-state index in [4.69, 9.17) is 9.47 Å². The van der Waals surface area contributed by atoms with Gasteiger partial charge in [0, 0.05) is 18.5 Å². The van der Waals surface area contributed by atoms with Crippen LogP contribution in [0.15, 0.2) is 48.5 Å². The van der Waals surface area contributed by atoms with Crippen LogP contribution in [0.2, 0.25) is 0 Å². The smallest absolute Gasteiger partial charge is 0.352 e. The molecule has 0 saturated carbocycles. The van der Waals surface area contributed by atoms with Crippen molar-refractivity contribution in [3.05, 3.63) is 70.9 Å². The van der Waals surface area contributed by atoms with Gasteiger partial charge in [0.1, 0.15) is 11.4 Å². The molecule has 9 nitrogen and oxygen atoms in total. The number of methoxy groups -OCH3 is 1. The SMILES string of the molecule is COc1cc2c(cc1-c1nnn(C)n1)-c1c(CC(C)(C)OCc3ccccc3)cc(C(=O)O)n1CC2. The number of aromatic carboxylic acids is 1. The minimum Gasteiger partial charge on any atom is -0.496 e. The Kier molecular flexibility index (Phi) is 6.09. The predicted molar refractivity (Wildman–Crippen MR) is 134 cm³/mol. The van der Waals surface area contributed by atoms with E-state index in [0.29, 0.717) is 43.1 Å². The van der Waals surface area contributed by atoms with Crippen LogP contribution in [0.25, 0.3) is 22.6 Å². The van der Waals surface area contributed by atoms with Crippen LogP contribution in [0.5, 0.6) is 5.75 Å². The van der Waals surface area contributed by atoms with Crippen molar-refractivity contribution in [1.29, 1.82) is 0 Å². The van der Waals surface area contributed by atoms with Gasteiger partial charge in [-0.05, 0) is 60.4 Å². The number of tetrazole rings is 1. The summed E-state index contributed by atoms with van der Waals surface area (Å²) in [5, 5.41) is 22.5. The number of nitrogens with zero attached hydrogens (tertiary/aromatic N) is 5. The van der Waals surface area contributed by atoms with Crippen LogP contribution in [0.4, 0.5) is 0 Å². The maximum absolute atomic E-state index is 12.2. The molecular formula is C27H29N5O4. The molecule has 9 heteroatoms. The number of aryl methyl sites for hydroxylation is 2. The Hall–Kier alpha value is -3.98. The van der Waals surface area contributed by atoms with Gasteiger partial charge in [-0.15, -0.1) is 10.2 Å². The van der Waals surface area contributed by atoms with Crippen LogP contribution in [-0.2, 0) is 37.8 Å². The lowest BCUT2D eigenvalue weighted by molar-refractivity contribution is -0.0286. The van der Waals surface area contributed by atoms with Crippen LogP contribution in [0, 0.1) is 0 Å². The highest BCUT2D eigenvalue weighted by molar-refractivity contribution is 5.90. The van der Waals surface area contributed by atoms with Crippen LogP contribution in [0.3, 0.4) is 0 Å². The van der Waals surface area contributed by atoms with Gasteiger partial charge in [-0.3, -0.25) is 0 Å². The molecule has 4 aromatic rings. The van der Waals surface area contributed by atoms with E-state index in [1.54, 1.807) is 20.2 Å². The average Bonchev–Trinajstić information content (AvgIpc) is 3.46. The fourth-order valence-electron chi connectivity index (χ4n) is 4.85. The summed E-state index contributed by atoms with van der Waals surface area (Å²) in [5.74, 6) is 0.166. The van der Waals surface area contributed by atoms with Gasteiger partial charge < -0.3 is 19.1 Å². The second-order valence-corrected chi connectivity index (χ2v) is 9.63. The zero-order valence-corrected chi connectivity index (χ0v) is 20.9. The Bertz CT molecular complexity index is 1420. The van der Waals surface area contributed by atoms with Gasteiger partial charge in [-0.1, -0.05) is 30.3 Å². The second-order valence-electron chi connectivity index (χ2n) is 9.63. The number of carboxylic acid groups (broad SMARTS) is 1. The Balaban J connectivity index is 1.57. The number of rotatable bonds is 8. The van der Waals surface area contributed by atoms with Crippen molar-refractivity contribution < 1.29 is 19.4 Å². The highest BCUT2D eigenvalue weighted by Crippen LogP contribution is 2.42. The summed E-state index contributed by atoms with van der Waals surface area (Å²) in [6, 6.07) is 15.8. The van der Waals surface area contributed by atoms with Gasteiger partial charge in [0.05, 0.1) is 37.6 Å². The maximum atomic E-state index is 12.2. The van der Waals surface area contributed by atoms with Crippen LogP contribution in [-0.4, -0.2) is 48.6 Å². The first kappa shape index (κ1) is 23.7. The molecule has 2 aromatic heterocycles. The molecular weight excluding hydrogens is 458 g/mol. The summed E-state index contributed by atoms with van der Waals surface area (Å²) in [4.78, 5) is 13.6. The Labute approximate surface area is 209 Å². The van der Waals surface area contributed by atoms with E-state index < -0.39 is 11.6 Å². The van der Waals surface area contributed by atoms with Crippen molar-refractivity contribution in [2.45, 2.75) is 45.4 Å². The molecule has 0 atom stereocenters. The molecule has 0 spiro atoms. The van der Waals surface area contributed by atoms with E-state index in [9.17, 15) is 9.90 Å². The lowest BCUT2D eigenvalue weighted by Gasteiger charge is -2.28. The van der Waals surface area contributed by atoms with Gasteiger partial charge in [0.25, 0.3) is 0 Å². The van der Waals surface area contributed by atoms with Crippen LogP contribution in [0.1, 0.15) is 41.0 Å². The van der Waals surface area contributed by atoms with Crippen molar-refractivity contribution in [3.8, 4) is 28.4 Å². The van der Waals surface area contributed by atoms with Crippen molar-refractivity contribution in [1.82, 2.24) is 24.8 Å². The lowest BCUT2D eigenvalue weighted by Crippen LogP contribution is -2.27. The molecule has 5 rings (SSSR count). The molecule has 0 aliphatic carbocycles. The third-order valence-corrected chi connectivity index (χ3v) is 6.52.